The number of aliphatic hydroxyl groups excluding tert-OH is 1. The van der Waals surface area contributed by atoms with Crippen LogP contribution < -0.4 is 5.73 Å². The maximum atomic E-state index is 12.0. The molecule has 0 bridgehead atoms. The molecule has 6 nitrogen and oxygen atoms in total. The van der Waals surface area contributed by atoms with Crippen molar-refractivity contribution < 1.29 is 14.6 Å². The van der Waals surface area contributed by atoms with Crippen molar-refractivity contribution in [1.82, 2.24) is 9.88 Å². The molecule has 0 unspecified atom stereocenters. The summed E-state index contributed by atoms with van der Waals surface area (Å²) < 4.78 is 5.31. The Morgan fingerprint density at radius 3 is 2.80 bits per heavy atom. The lowest BCUT2D eigenvalue weighted by atomic mass is 9.97. The van der Waals surface area contributed by atoms with Crippen molar-refractivity contribution in [2.24, 2.45) is 0 Å². The molecule has 20 heavy (non-hydrogen) atoms. The van der Waals surface area contributed by atoms with Gasteiger partial charge in [0.2, 0.25) is 0 Å². The van der Waals surface area contributed by atoms with E-state index in [0.717, 1.165) is 5.56 Å². The fourth-order valence-electron chi connectivity index (χ4n) is 2.31. The Labute approximate surface area is 118 Å². The van der Waals surface area contributed by atoms with Crippen LogP contribution in [0.1, 0.15) is 32.3 Å². The lowest BCUT2D eigenvalue weighted by Gasteiger charge is -2.24. The molecule has 3 N–H and O–H groups in total. The zero-order chi connectivity index (χ0) is 14.9. The number of likely N-dealkylation sites (tertiary alicyclic amines) is 1. The van der Waals surface area contributed by atoms with E-state index >= 15 is 0 Å². The van der Waals surface area contributed by atoms with E-state index in [1.54, 1.807) is 12.3 Å². The van der Waals surface area contributed by atoms with Crippen molar-refractivity contribution in [3.8, 4) is 0 Å². The Morgan fingerprint density at radius 1 is 1.50 bits per heavy atom. The van der Waals surface area contributed by atoms with Gasteiger partial charge in [0.05, 0.1) is 12.6 Å². The summed E-state index contributed by atoms with van der Waals surface area (Å²) in [6.45, 7) is 6.07. The number of hydrogen-bond donors (Lipinski definition) is 2. The first-order valence-corrected chi connectivity index (χ1v) is 6.64. The average Bonchev–Trinajstić information content (AvgIpc) is 2.70. The largest absolute Gasteiger partial charge is 0.444 e. The summed E-state index contributed by atoms with van der Waals surface area (Å²) in [5, 5.41) is 10.2. The van der Waals surface area contributed by atoms with E-state index in [9.17, 15) is 9.90 Å². The highest BCUT2D eigenvalue weighted by molar-refractivity contribution is 5.69. The van der Waals surface area contributed by atoms with E-state index in [4.69, 9.17) is 10.5 Å². The molecule has 2 atom stereocenters. The molecule has 1 aromatic heterocycles. The number of rotatable bonds is 1. The summed E-state index contributed by atoms with van der Waals surface area (Å²) >= 11 is 0. The van der Waals surface area contributed by atoms with Gasteiger partial charge in [-0.15, -0.1) is 0 Å². The molecule has 1 fully saturated rings. The highest BCUT2D eigenvalue weighted by atomic mass is 16.6. The minimum atomic E-state index is -0.658. The van der Waals surface area contributed by atoms with E-state index in [1.807, 2.05) is 26.8 Å². The zero-order valence-electron chi connectivity index (χ0n) is 12.0. The Bertz CT molecular complexity index is 499. The van der Waals surface area contributed by atoms with Gasteiger partial charge in [0, 0.05) is 24.2 Å². The maximum absolute atomic E-state index is 12.0. The van der Waals surface area contributed by atoms with Crippen molar-refractivity contribution in [2.75, 3.05) is 18.8 Å². The minimum absolute atomic E-state index is 0.226. The molecule has 110 valence electrons. The number of aromatic nitrogens is 1. The number of amides is 1. The molecule has 1 aliphatic rings. The van der Waals surface area contributed by atoms with E-state index < -0.39 is 17.8 Å². The summed E-state index contributed by atoms with van der Waals surface area (Å²) in [5.74, 6) is 0.166. The van der Waals surface area contributed by atoms with Crippen LogP contribution in [0.2, 0.25) is 0 Å². The second-order valence-electron chi connectivity index (χ2n) is 6.04. The summed E-state index contributed by atoms with van der Waals surface area (Å²) in [7, 11) is 0. The second-order valence-corrected chi connectivity index (χ2v) is 6.04. The Morgan fingerprint density at radius 2 is 2.20 bits per heavy atom. The van der Waals surface area contributed by atoms with Crippen LogP contribution in [0, 0.1) is 0 Å². The number of nitrogen functional groups attached to an aromatic ring is 1. The van der Waals surface area contributed by atoms with Crippen LogP contribution in [-0.4, -0.2) is 45.9 Å². The molecular formula is C14H21N3O3. The summed E-state index contributed by atoms with van der Waals surface area (Å²) in [4.78, 5) is 17.5. The lowest BCUT2D eigenvalue weighted by Crippen LogP contribution is -2.35. The lowest BCUT2D eigenvalue weighted by molar-refractivity contribution is 0.0270. The SMILES string of the molecule is CC(C)(C)OC(=O)N1C[C@@H](O)[C@H](c2cccnc2N)C1. The fourth-order valence-corrected chi connectivity index (χ4v) is 2.31. The molecular weight excluding hydrogens is 258 g/mol. The zero-order valence-corrected chi connectivity index (χ0v) is 12.0. The van der Waals surface area contributed by atoms with Gasteiger partial charge in [-0.05, 0) is 26.8 Å². The molecule has 1 aliphatic heterocycles. The van der Waals surface area contributed by atoms with Gasteiger partial charge in [0.15, 0.2) is 0 Å². The number of pyridine rings is 1. The second kappa shape index (κ2) is 5.28. The minimum Gasteiger partial charge on any atom is -0.444 e. The number of carbonyl (C=O) groups excluding carboxylic acids is 1. The molecule has 0 aliphatic carbocycles. The van der Waals surface area contributed by atoms with Crippen LogP contribution in [0.3, 0.4) is 0 Å². The van der Waals surface area contributed by atoms with Crippen LogP contribution in [0.25, 0.3) is 0 Å². The quantitative estimate of drug-likeness (QED) is 0.810. The number of nitrogens with zero attached hydrogens (tertiary/aromatic N) is 2. The number of β-amino-alcohol motifs (C(OH)–C–C–N with tert-alkyl or cyclic N) is 1. The molecule has 0 aromatic carbocycles. The van der Waals surface area contributed by atoms with E-state index in [0.29, 0.717) is 12.4 Å². The first-order valence-electron chi connectivity index (χ1n) is 6.64. The van der Waals surface area contributed by atoms with Gasteiger partial charge in [0.1, 0.15) is 11.4 Å². The van der Waals surface area contributed by atoms with Gasteiger partial charge in [-0.1, -0.05) is 6.07 Å². The molecule has 2 rings (SSSR count). The molecule has 1 saturated heterocycles. The topological polar surface area (TPSA) is 88.7 Å². The van der Waals surface area contributed by atoms with Gasteiger partial charge in [-0.2, -0.15) is 0 Å². The Hall–Kier alpha value is -1.82. The first-order chi connectivity index (χ1) is 9.28. The molecule has 2 heterocycles. The van der Waals surface area contributed by atoms with Crippen LogP contribution in [0.4, 0.5) is 10.6 Å². The molecule has 1 aromatic rings. The molecule has 0 saturated carbocycles. The third-order valence-electron chi connectivity index (χ3n) is 3.21. The number of ether oxygens (including phenoxy) is 1. The van der Waals surface area contributed by atoms with Crippen molar-refractivity contribution in [3.63, 3.8) is 0 Å². The fraction of sp³-hybridized carbons (Fsp3) is 0.571. The Kier molecular flexibility index (Phi) is 3.85. The number of nitrogens with two attached hydrogens (primary N) is 1. The van der Waals surface area contributed by atoms with Crippen LogP contribution in [-0.2, 0) is 4.74 Å². The van der Waals surface area contributed by atoms with Crippen molar-refractivity contribution in [1.29, 1.82) is 0 Å². The van der Waals surface area contributed by atoms with Gasteiger partial charge in [0.25, 0.3) is 0 Å². The monoisotopic (exact) mass is 279 g/mol. The number of aliphatic hydroxyl groups is 1. The molecule has 6 heteroatoms. The van der Waals surface area contributed by atoms with Crippen LogP contribution >= 0.6 is 0 Å². The summed E-state index contributed by atoms with van der Waals surface area (Å²) in [6, 6.07) is 3.60. The number of hydrogen-bond acceptors (Lipinski definition) is 5. The van der Waals surface area contributed by atoms with E-state index in [1.165, 1.54) is 4.90 Å². The highest BCUT2D eigenvalue weighted by Crippen LogP contribution is 2.31. The van der Waals surface area contributed by atoms with Crippen LogP contribution in [0.15, 0.2) is 18.3 Å². The van der Waals surface area contributed by atoms with E-state index in [2.05, 4.69) is 4.98 Å². The van der Waals surface area contributed by atoms with Crippen molar-refractivity contribution in [3.05, 3.63) is 23.9 Å². The number of carbonyl (C=O) groups is 1. The predicted molar refractivity (Wildman–Crippen MR) is 75.2 cm³/mol. The van der Waals surface area contributed by atoms with Gasteiger partial charge in [-0.3, -0.25) is 0 Å². The third kappa shape index (κ3) is 3.19. The third-order valence-corrected chi connectivity index (χ3v) is 3.21. The first kappa shape index (κ1) is 14.6. The van der Waals surface area contributed by atoms with Crippen molar-refractivity contribution in [2.45, 2.75) is 38.4 Å². The summed E-state index contributed by atoms with van der Waals surface area (Å²) in [6.07, 6.45) is 0.529. The van der Waals surface area contributed by atoms with E-state index in [-0.39, 0.29) is 12.5 Å². The average molecular weight is 279 g/mol. The van der Waals surface area contributed by atoms with Gasteiger partial charge >= 0.3 is 6.09 Å². The maximum Gasteiger partial charge on any atom is 0.410 e. The number of anilines is 1. The van der Waals surface area contributed by atoms with Crippen LogP contribution in [0.5, 0.6) is 0 Å². The molecule has 1 amide bonds. The normalized spacial score (nSPS) is 22.9. The molecule has 0 spiro atoms. The molecule has 0 radical (unpaired) electrons. The van der Waals surface area contributed by atoms with Crippen molar-refractivity contribution >= 4 is 11.9 Å². The Balaban J connectivity index is 2.10. The van der Waals surface area contributed by atoms with Gasteiger partial charge < -0.3 is 20.5 Å². The highest BCUT2D eigenvalue weighted by Gasteiger charge is 2.37. The van der Waals surface area contributed by atoms with Gasteiger partial charge in [-0.25, -0.2) is 9.78 Å². The predicted octanol–water partition coefficient (Wildman–Crippen LogP) is 1.36. The smallest absolute Gasteiger partial charge is 0.410 e. The standard InChI is InChI=1S/C14H21N3O3/c1-14(2,3)20-13(19)17-7-10(11(18)8-17)9-5-4-6-16-12(9)15/h4-6,10-11,18H,7-8H2,1-3H3,(H2,15,16)/t10-,11+/m0/s1. The summed E-state index contributed by atoms with van der Waals surface area (Å²) in [5.41, 5.74) is 6.05.